The van der Waals surface area contributed by atoms with Crippen LogP contribution >= 0.6 is 15.9 Å². The van der Waals surface area contributed by atoms with Gasteiger partial charge in [0, 0.05) is 10.5 Å². The van der Waals surface area contributed by atoms with Crippen LogP contribution in [0.3, 0.4) is 0 Å². The quantitative estimate of drug-likeness (QED) is 0.840. The molecule has 0 saturated heterocycles. The van der Waals surface area contributed by atoms with Crippen LogP contribution in [0, 0.1) is 12.8 Å². The van der Waals surface area contributed by atoms with Gasteiger partial charge in [0.25, 0.3) is 5.91 Å². The molecular weight excluding hydrogens is 310 g/mol. The average molecular weight is 324 g/mol. The molecule has 2 rings (SSSR count). The number of amides is 1. The summed E-state index contributed by atoms with van der Waals surface area (Å²) in [6.45, 7) is 1.95. The molecule has 0 aromatic heterocycles. The highest BCUT2D eigenvalue weighted by Crippen LogP contribution is 2.21. The number of hydrogen-bond donors (Lipinski definition) is 2. The number of carboxylic acids is 1. The molecular formula is C14H14BrNO3. The highest BCUT2D eigenvalue weighted by atomic mass is 79.9. The van der Waals surface area contributed by atoms with Gasteiger partial charge in [0.05, 0.1) is 11.5 Å². The van der Waals surface area contributed by atoms with E-state index in [2.05, 4.69) is 21.2 Å². The molecule has 1 aromatic carbocycles. The third-order valence-electron chi connectivity index (χ3n) is 3.09. The van der Waals surface area contributed by atoms with Gasteiger partial charge in [-0.2, -0.15) is 0 Å². The van der Waals surface area contributed by atoms with Crippen LogP contribution < -0.4 is 5.32 Å². The Labute approximate surface area is 119 Å². The van der Waals surface area contributed by atoms with Gasteiger partial charge in [-0.05, 0) is 47.0 Å². The number of carbonyl (C=O) groups excluding carboxylic acids is 1. The predicted molar refractivity (Wildman–Crippen MR) is 75.0 cm³/mol. The summed E-state index contributed by atoms with van der Waals surface area (Å²) in [7, 11) is 0. The summed E-state index contributed by atoms with van der Waals surface area (Å²) >= 11 is 3.36. The molecule has 1 aliphatic carbocycles. The summed E-state index contributed by atoms with van der Waals surface area (Å²) in [5, 5.41) is 11.7. The molecule has 1 amide bonds. The molecule has 0 saturated carbocycles. The molecule has 100 valence electrons. The summed E-state index contributed by atoms with van der Waals surface area (Å²) in [4.78, 5) is 22.9. The number of benzene rings is 1. The molecule has 0 fully saturated rings. The first-order chi connectivity index (χ1) is 8.97. The number of carboxylic acid groups (broad SMARTS) is 1. The third kappa shape index (κ3) is 3.23. The zero-order chi connectivity index (χ0) is 14.0. The van der Waals surface area contributed by atoms with Crippen LogP contribution in [0.25, 0.3) is 0 Å². The topological polar surface area (TPSA) is 66.4 Å². The molecule has 2 unspecified atom stereocenters. The van der Waals surface area contributed by atoms with Crippen molar-refractivity contribution < 1.29 is 14.7 Å². The lowest BCUT2D eigenvalue weighted by molar-refractivity contribution is -0.140. The monoisotopic (exact) mass is 323 g/mol. The highest BCUT2D eigenvalue weighted by Gasteiger charge is 2.25. The van der Waals surface area contributed by atoms with Crippen LogP contribution in [0.5, 0.6) is 0 Å². The van der Waals surface area contributed by atoms with Crippen molar-refractivity contribution in [1.29, 1.82) is 0 Å². The lowest BCUT2D eigenvalue weighted by Crippen LogP contribution is -2.33. The maximum atomic E-state index is 12.1. The van der Waals surface area contributed by atoms with Crippen LogP contribution in [0.2, 0.25) is 0 Å². The fourth-order valence-corrected chi connectivity index (χ4v) is 2.71. The van der Waals surface area contributed by atoms with Crippen molar-refractivity contribution in [3.63, 3.8) is 0 Å². The van der Waals surface area contributed by atoms with Crippen molar-refractivity contribution in [2.75, 3.05) is 0 Å². The lowest BCUT2D eigenvalue weighted by atomic mass is 10.1. The average Bonchev–Trinajstić information content (AvgIpc) is 2.77. The van der Waals surface area contributed by atoms with Crippen molar-refractivity contribution in [2.24, 2.45) is 5.92 Å². The smallest absolute Gasteiger partial charge is 0.310 e. The van der Waals surface area contributed by atoms with Gasteiger partial charge in [-0.1, -0.05) is 18.2 Å². The maximum Gasteiger partial charge on any atom is 0.310 e. The molecule has 5 heteroatoms. The summed E-state index contributed by atoms with van der Waals surface area (Å²) < 4.78 is 0.738. The Morgan fingerprint density at radius 1 is 1.37 bits per heavy atom. The number of nitrogens with one attached hydrogen (secondary N) is 1. The standard InChI is InChI=1S/C14H14BrNO3/c1-8-2-5-11(12(15)6-8)13(17)16-10-4-3-9(7-10)14(18)19/h2-6,9-10H,7H2,1H3,(H,16,17)(H,18,19). The fourth-order valence-electron chi connectivity index (χ4n) is 2.04. The molecule has 2 N–H and O–H groups in total. The molecule has 0 radical (unpaired) electrons. The second kappa shape index (κ2) is 5.57. The molecule has 0 heterocycles. The number of aryl methyl sites for hydroxylation is 1. The van der Waals surface area contributed by atoms with E-state index in [1.54, 1.807) is 18.2 Å². The third-order valence-corrected chi connectivity index (χ3v) is 3.74. The van der Waals surface area contributed by atoms with E-state index in [-0.39, 0.29) is 11.9 Å². The number of carbonyl (C=O) groups is 2. The van der Waals surface area contributed by atoms with Crippen LogP contribution in [0.4, 0.5) is 0 Å². The molecule has 0 spiro atoms. The van der Waals surface area contributed by atoms with Gasteiger partial charge < -0.3 is 10.4 Å². The van der Waals surface area contributed by atoms with Crippen molar-refractivity contribution in [3.05, 3.63) is 46.0 Å². The molecule has 4 nitrogen and oxygen atoms in total. The largest absolute Gasteiger partial charge is 0.481 e. The maximum absolute atomic E-state index is 12.1. The van der Waals surface area contributed by atoms with Crippen LogP contribution in [-0.4, -0.2) is 23.0 Å². The van der Waals surface area contributed by atoms with Crippen LogP contribution in [-0.2, 0) is 4.79 Å². The van der Waals surface area contributed by atoms with Gasteiger partial charge in [-0.3, -0.25) is 9.59 Å². The fraction of sp³-hybridized carbons (Fsp3) is 0.286. The second-order valence-electron chi connectivity index (χ2n) is 4.63. The van der Waals surface area contributed by atoms with E-state index in [4.69, 9.17) is 5.11 Å². The normalized spacial score (nSPS) is 21.4. The van der Waals surface area contributed by atoms with E-state index < -0.39 is 11.9 Å². The minimum absolute atomic E-state index is 0.201. The first-order valence-corrected chi connectivity index (χ1v) is 6.75. The van der Waals surface area contributed by atoms with Gasteiger partial charge in [-0.15, -0.1) is 0 Å². The van der Waals surface area contributed by atoms with Crippen molar-refractivity contribution in [1.82, 2.24) is 5.32 Å². The Kier molecular flexibility index (Phi) is 4.04. The van der Waals surface area contributed by atoms with E-state index >= 15 is 0 Å². The van der Waals surface area contributed by atoms with Crippen molar-refractivity contribution >= 4 is 27.8 Å². The zero-order valence-electron chi connectivity index (χ0n) is 10.4. The first kappa shape index (κ1) is 13.8. The molecule has 1 aliphatic rings. The van der Waals surface area contributed by atoms with Crippen molar-refractivity contribution in [2.45, 2.75) is 19.4 Å². The number of aliphatic carboxylic acids is 1. The Morgan fingerprint density at radius 3 is 2.68 bits per heavy atom. The van der Waals surface area contributed by atoms with E-state index in [0.717, 1.165) is 10.0 Å². The van der Waals surface area contributed by atoms with Crippen LogP contribution in [0.15, 0.2) is 34.8 Å². The van der Waals surface area contributed by atoms with E-state index in [0.29, 0.717) is 12.0 Å². The summed E-state index contributed by atoms with van der Waals surface area (Å²) in [5.41, 5.74) is 1.62. The molecule has 0 bridgehead atoms. The summed E-state index contributed by atoms with van der Waals surface area (Å²) in [5.74, 6) is -1.57. The van der Waals surface area contributed by atoms with Gasteiger partial charge in [-0.25, -0.2) is 0 Å². The van der Waals surface area contributed by atoms with Gasteiger partial charge in [0.2, 0.25) is 0 Å². The zero-order valence-corrected chi connectivity index (χ0v) is 12.0. The Morgan fingerprint density at radius 2 is 2.11 bits per heavy atom. The number of rotatable bonds is 3. The predicted octanol–water partition coefficient (Wildman–Crippen LogP) is 2.52. The lowest BCUT2D eigenvalue weighted by Gasteiger charge is -2.13. The summed E-state index contributed by atoms with van der Waals surface area (Å²) in [6.07, 6.45) is 3.76. The number of halogens is 1. The molecule has 0 aliphatic heterocycles. The minimum Gasteiger partial charge on any atom is -0.481 e. The van der Waals surface area contributed by atoms with E-state index in [9.17, 15) is 9.59 Å². The highest BCUT2D eigenvalue weighted by molar-refractivity contribution is 9.10. The van der Waals surface area contributed by atoms with E-state index in [1.807, 2.05) is 19.1 Å². The SMILES string of the molecule is Cc1ccc(C(=O)NC2C=CC(C(=O)O)C2)c(Br)c1. The Hall–Kier alpha value is -1.62. The second-order valence-corrected chi connectivity index (χ2v) is 5.48. The van der Waals surface area contributed by atoms with E-state index in [1.165, 1.54) is 0 Å². The molecule has 19 heavy (non-hydrogen) atoms. The van der Waals surface area contributed by atoms with Gasteiger partial charge >= 0.3 is 5.97 Å². The Balaban J connectivity index is 2.03. The molecule has 1 aromatic rings. The minimum atomic E-state index is -0.857. The Bertz CT molecular complexity index is 554. The van der Waals surface area contributed by atoms with Gasteiger partial charge in [0.1, 0.15) is 0 Å². The molecule has 2 atom stereocenters. The van der Waals surface area contributed by atoms with Gasteiger partial charge in [0.15, 0.2) is 0 Å². The first-order valence-electron chi connectivity index (χ1n) is 5.95. The summed E-state index contributed by atoms with van der Waals surface area (Å²) in [6, 6.07) is 5.27. The van der Waals surface area contributed by atoms with Crippen molar-refractivity contribution in [3.8, 4) is 0 Å². The van der Waals surface area contributed by atoms with Crippen LogP contribution in [0.1, 0.15) is 22.3 Å². The number of hydrogen-bond acceptors (Lipinski definition) is 2.